The summed E-state index contributed by atoms with van der Waals surface area (Å²) in [6.45, 7) is 1.82. The van der Waals surface area contributed by atoms with Crippen LogP contribution in [0.3, 0.4) is 0 Å². The molecule has 0 bridgehead atoms. The first kappa shape index (κ1) is 16.0. The zero-order chi connectivity index (χ0) is 18.1. The first-order valence-corrected chi connectivity index (χ1v) is 8.37. The normalized spacial score (nSPS) is 11.1. The second-order valence-electron chi connectivity index (χ2n) is 5.95. The topological polar surface area (TPSA) is 81.3 Å². The van der Waals surface area contributed by atoms with E-state index in [4.69, 9.17) is 0 Å². The molecule has 7 heteroatoms. The predicted octanol–water partition coefficient (Wildman–Crippen LogP) is 2.25. The summed E-state index contributed by atoms with van der Waals surface area (Å²) in [4.78, 5) is 29.1. The lowest BCUT2D eigenvalue weighted by molar-refractivity contribution is -0.117. The molecule has 3 heterocycles. The average molecular weight is 347 g/mol. The van der Waals surface area contributed by atoms with E-state index in [1.165, 1.54) is 4.68 Å². The maximum atomic E-state index is 12.8. The molecule has 0 radical (unpaired) electrons. The van der Waals surface area contributed by atoms with Crippen molar-refractivity contribution in [3.63, 3.8) is 0 Å². The number of hydrogen-bond acceptors (Lipinski definition) is 4. The summed E-state index contributed by atoms with van der Waals surface area (Å²) < 4.78 is 3.09. The first-order valence-electron chi connectivity index (χ1n) is 8.37. The Hall–Kier alpha value is -3.48. The minimum absolute atomic E-state index is 0.154. The average Bonchev–Trinajstić information content (AvgIpc) is 3.05. The molecule has 0 saturated carbocycles. The lowest BCUT2D eigenvalue weighted by Crippen LogP contribution is -2.32. The van der Waals surface area contributed by atoms with E-state index in [9.17, 15) is 9.59 Å². The summed E-state index contributed by atoms with van der Waals surface area (Å²) in [5.41, 5.74) is 1.75. The number of carbonyl (C=O) groups excluding carboxylic acids is 1. The fourth-order valence-corrected chi connectivity index (χ4v) is 3.06. The van der Waals surface area contributed by atoms with Gasteiger partial charge < -0.3 is 5.32 Å². The maximum absolute atomic E-state index is 12.8. The number of aryl methyl sites for hydroxylation is 1. The largest absolute Gasteiger partial charge is 0.323 e. The molecule has 0 saturated heterocycles. The van der Waals surface area contributed by atoms with Crippen LogP contribution in [-0.2, 0) is 17.8 Å². The standard InChI is InChI=1S/C19H17N5O2/c1-2-17-22-23(12-18(25)21-14-7-5-9-20-11-14)19(26)16-10-13-6-3-4-8-15(13)24(16)17/h3-11H,2,12H2,1H3,(H,21,25). The van der Waals surface area contributed by atoms with Gasteiger partial charge in [-0.2, -0.15) is 5.10 Å². The van der Waals surface area contributed by atoms with Crippen molar-refractivity contribution in [3.8, 4) is 0 Å². The predicted molar refractivity (Wildman–Crippen MR) is 99.2 cm³/mol. The minimum Gasteiger partial charge on any atom is -0.323 e. The van der Waals surface area contributed by atoms with E-state index in [2.05, 4.69) is 15.4 Å². The zero-order valence-corrected chi connectivity index (χ0v) is 14.2. The number of benzene rings is 1. The van der Waals surface area contributed by atoms with Crippen LogP contribution in [0.25, 0.3) is 16.4 Å². The van der Waals surface area contributed by atoms with Crippen LogP contribution in [0.4, 0.5) is 5.69 Å². The van der Waals surface area contributed by atoms with E-state index in [0.717, 1.165) is 16.7 Å². The number of nitrogens with one attached hydrogen (secondary N) is 1. The van der Waals surface area contributed by atoms with Crippen LogP contribution in [0.5, 0.6) is 0 Å². The van der Waals surface area contributed by atoms with Gasteiger partial charge >= 0.3 is 0 Å². The van der Waals surface area contributed by atoms with Crippen LogP contribution < -0.4 is 10.9 Å². The smallest absolute Gasteiger partial charge is 0.291 e. The fraction of sp³-hybridized carbons (Fsp3) is 0.158. The SMILES string of the molecule is CCc1nn(CC(=O)Nc2cccnc2)c(=O)c2cc3ccccc3n12. The molecule has 0 spiro atoms. The first-order chi connectivity index (χ1) is 12.7. The number of carbonyl (C=O) groups is 1. The molecule has 130 valence electrons. The van der Waals surface area contributed by atoms with Crippen molar-refractivity contribution in [1.29, 1.82) is 0 Å². The Labute approximate surface area is 148 Å². The molecular formula is C19H17N5O2. The van der Waals surface area contributed by atoms with Crippen LogP contribution in [0.2, 0.25) is 0 Å². The Balaban J connectivity index is 1.76. The summed E-state index contributed by atoms with van der Waals surface area (Å²) in [6.07, 6.45) is 3.81. The molecule has 7 nitrogen and oxygen atoms in total. The Bertz CT molecular complexity index is 1160. The summed E-state index contributed by atoms with van der Waals surface area (Å²) in [5, 5.41) is 8.11. The van der Waals surface area contributed by atoms with Crippen LogP contribution in [-0.4, -0.2) is 25.1 Å². The Morgan fingerprint density at radius 3 is 2.77 bits per heavy atom. The quantitative estimate of drug-likeness (QED) is 0.614. The van der Waals surface area contributed by atoms with Gasteiger partial charge in [0.1, 0.15) is 17.9 Å². The molecule has 1 aromatic carbocycles. The molecule has 4 rings (SSSR count). The number of amides is 1. The number of pyridine rings is 1. The summed E-state index contributed by atoms with van der Waals surface area (Å²) in [7, 11) is 0. The van der Waals surface area contributed by atoms with Crippen molar-refractivity contribution in [2.24, 2.45) is 0 Å². The third-order valence-electron chi connectivity index (χ3n) is 4.21. The van der Waals surface area contributed by atoms with Crippen LogP contribution in [0.1, 0.15) is 12.7 Å². The fourth-order valence-electron chi connectivity index (χ4n) is 3.06. The Morgan fingerprint density at radius 1 is 1.15 bits per heavy atom. The van der Waals surface area contributed by atoms with Crippen molar-refractivity contribution >= 4 is 28.0 Å². The molecule has 0 aliphatic carbocycles. The highest BCUT2D eigenvalue weighted by atomic mass is 16.2. The number of hydrogen-bond donors (Lipinski definition) is 1. The van der Waals surface area contributed by atoms with Gasteiger partial charge in [0.2, 0.25) is 5.91 Å². The third kappa shape index (κ3) is 2.73. The summed E-state index contributed by atoms with van der Waals surface area (Å²) in [5.74, 6) is 0.407. The molecule has 26 heavy (non-hydrogen) atoms. The number of aromatic nitrogens is 4. The number of rotatable bonds is 4. The van der Waals surface area contributed by atoms with Crippen molar-refractivity contribution in [3.05, 3.63) is 71.0 Å². The van der Waals surface area contributed by atoms with Gasteiger partial charge in [-0.15, -0.1) is 0 Å². The van der Waals surface area contributed by atoms with E-state index >= 15 is 0 Å². The van der Waals surface area contributed by atoms with Gasteiger partial charge in [0, 0.05) is 18.0 Å². The van der Waals surface area contributed by atoms with Gasteiger partial charge in [-0.1, -0.05) is 25.1 Å². The Kier molecular flexibility index (Phi) is 3.96. The molecule has 0 aliphatic rings. The van der Waals surface area contributed by atoms with E-state index in [1.54, 1.807) is 24.5 Å². The van der Waals surface area contributed by atoms with Crippen molar-refractivity contribution < 1.29 is 4.79 Å². The number of nitrogens with zero attached hydrogens (tertiary/aromatic N) is 4. The highest BCUT2D eigenvalue weighted by Crippen LogP contribution is 2.19. The lowest BCUT2D eigenvalue weighted by atomic mass is 10.2. The highest BCUT2D eigenvalue weighted by Gasteiger charge is 2.15. The molecule has 3 aromatic heterocycles. The summed E-state index contributed by atoms with van der Waals surface area (Å²) in [6, 6.07) is 13.1. The van der Waals surface area contributed by atoms with E-state index in [-0.39, 0.29) is 18.0 Å². The highest BCUT2D eigenvalue weighted by molar-refractivity contribution is 5.90. The molecule has 0 unspecified atom stereocenters. The van der Waals surface area contributed by atoms with E-state index in [0.29, 0.717) is 17.6 Å². The molecule has 1 amide bonds. The third-order valence-corrected chi connectivity index (χ3v) is 4.21. The minimum atomic E-state index is -0.324. The lowest BCUT2D eigenvalue weighted by Gasteiger charge is -2.10. The van der Waals surface area contributed by atoms with Gasteiger partial charge in [0.15, 0.2) is 0 Å². The van der Waals surface area contributed by atoms with Gasteiger partial charge in [0.25, 0.3) is 5.56 Å². The van der Waals surface area contributed by atoms with Crippen LogP contribution in [0.15, 0.2) is 59.7 Å². The van der Waals surface area contributed by atoms with Crippen molar-refractivity contribution in [2.45, 2.75) is 19.9 Å². The molecule has 0 fully saturated rings. The summed E-state index contributed by atoms with van der Waals surface area (Å²) >= 11 is 0. The molecule has 1 N–H and O–H groups in total. The molecule has 0 atom stereocenters. The van der Waals surface area contributed by atoms with Gasteiger partial charge in [-0.05, 0) is 24.3 Å². The number of para-hydroxylation sites is 1. The number of fused-ring (bicyclic) bond motifs is 3. The number of anilines is 1. The van der Waals surface area contributed by atoms with Crippen LogP contribution in [0, 0.1) is 0 Å². The van der Waals surface area contributed by atoms with Crippen molar-refractivity contribution in [1.82, 2.24) is 19.2 Å². The van der Waals surface area contributed by atoms with Gasteiger partial charge in [0.05, 0.1) is 17.4 Å². The second-order valence-corrected chi connectivity index (χ2v) is 5.95. The molecule has 0 aliphatic heterocycles. The van der Waals surface area contributed by atoms with Gasteiger partial charge in [-0.3, -0.25) is 19.0 Å². The van der Waals surface area contributed by atoms with Gasteiger partial charge in [-0.25, -0.2) is 4.68 Å². The zero-order valence-electron chi connectivity index (χ0n) is 14.2. The molecular weight excluding hydrogens is 330 g/mol. The maximum Gasteiger partial charge on any atom is 0.291 e. The van der Waals surface area contributed by atoms with E-state index < -0.39 is 0 Å². The van der Waals surface area contributed by atoms with E-state index in [1.807, 2.05) is 41.7 Å². The monoisotopic (exact) mass is 347 g/mol. The Morgan fingerprint density at radius 2 is 2.00 bits per heavy atom. The molecule has 4 aromatic rings. The second kappa shape index (κ2) is 6.44. The van der Waals surface area contributed by atoms with Crippen molar-refractivity contribution in [2.75, 3.05) is 5.32 Å². The van der Waals surface area contributed by atoms with Crippen LogP contribution >= 0.6 is 0 Å².